The second kappa shape index (κ2) is 22.1. The van der Waals surface area contributed by atoms with Crippen LogP contribution in [0.3, 0.4) is 0 Å². The minimum absolute atomic E-state index is 0.0695. The number of carbonyl (C=O) groups excluding carboxylic acids is 2. The highest BCUT2D eigenvalue weighted by Crippen LogP contribution is 2.14. The Hall–Kier alpha value is -2.63. The van der Waals surface area contributed by atoms with Gasteiger partial charge in [-0.1, -0.05) is 90.4 Å². The van der Waals surface area contributed by atoms with E-state index in [0.29, 0.717) is 12.1 Å². The molecule has 0 aliphatic rings. The lowest BCUT2D eigenvalue weighted by Crippen LogP contribution is -2.37. The number of unbranched alkanes of at least 4 members (excludes halogenated alkanes) is 15. The van der Waals surface area contributed by atoms with E-state index < -0.39 is 5.97 Å². The molecule has 224 valence electrons. The van der Waals surface area contributed by atoms with Gasteiger partial charge >= 0.3 is 0 Å². The number of ether oxygens (including phenoxy) is 1. The first-order valence-corrected chi connectivity index (χ1v) is 16.1. The van der Waals surface area contributed by atoms with Gasteiger partial charge in [0, 0.05) is 24.4 Å². The zero-order chi connectivity index (χ0) is 28.7. The Morgan fingerprint density at radius 3 is 2.00 bits per heavy atom. The first kappa shape index (κ1) is 33.6. The number of aliphatic carboxylic acids is 1. The van der Waals surface area contributed by atoms with Crippen molar-refractivity contribution in [2.75, 3.05) is 6.61 Å². The van der Waals surface area contributed by atoms with Gasteiger partial charge in [-0.05, 0) is 49.9 Å². The SMILES string of the molecule is CCCCCCCCCCCc1n(CCC(=O)[O-])cc[n+]1CCCCCCCCCCOc1ccc(C=O)cc1. The maximum Gasteiger partial charge on any atom is 0.256 e. The molecule has 0 saturated heterocycles. The van der Waals surface area contributed by atoms with Crippen LogP contribution in [0.4, 0.5) is 0 Å². The van der Waals surface area contributed by atoms with Gasteiger partial charge in [-0.15, -0.1) is 0 Å². The number of rotatable bonds is 26. The normalized spacial score (nSPS) is 11.1. The van der Waals surface area contributed by atoms with Crippen LogP contribution in [0.25, 0.3) is 0 Å². The van der Waals surface area contributed by atoms with Gasteiger partial charge in [-0.3, -0.25) is 4.79 Å². The van der Waals surface area contributed by atoms with Gasteiger partial charge in [-0.2, -0.15) is 0 Å². The number of benzene rings is 1. The molecule has 6 nitrogen and oxygen atoms in total. The second-order valence-corrected chi connectivity index (χ2v) is 11.2. The summed E-state index contributed by atoms with van der Waals surface area (Å²) in [5, 5.41) is 11.0. The predicted octanol–water partition coefficient (Wildman–Crippen LogP) is 7.00. The largest absolute Gasteiger partial charge is 0.550 e. The van der Waals surface area contributed by atoms with Gasteiger partial charge in [-0.25, -0.2) is 9.13 Å². The van der Waals surface area contributed by atoms with E-state index in [1.54, 1.807) is 12.1 Å². The number of aldehydes is 1. The van der Waals surface area contributed by atoms with E-state index in [0.717, 1.165) is 44.4 Å². The number of carbonyl (C=O) groups is 2. The van der Waals surface area contributed by atoms with E-state index in [1.165, 1.54) is 102 Å². The number of hydrogen-bond donors (Lipinski definition) is 0. The molecule has 0 fully saturated rings. The summed E-state index contributed by atoms with van der Waals surface area (Å²) in [7, 11) is 0. The predicted molar refractivity (Wildman–Crippen MR) is 159 cm³/mol. The lowest BCUT2D eigenvalue weighted by Gasteiger charge is -2.07. The molecule has 0 aliphatic heterocycles. The van der Waals surface area contributed by atoms with E-state index in [-0.39, 0.29) is 6.42 Å². The summed E-state index contributed by atoms with van der Waals surface area (Å²) in [6, 6.07) is 7.27. The molecule has 1 heterocycles. The van der Waals surface area contributed by atoms with E-state index in [4.69, 9.17) is 4.74 Å². The zero-order valence-corrected chi connectivity index (χ0v) is 25.1. The molecule has 0 spiro atoms. The molecule has 0 aliphatic carbocycles. The molecule has 40 heavy (non-hydrogen) atoms. The number of imidazole rings is 1. The van der Waals surface area contributed by atoms with Crippen LogP contribution < -0.4 is 14.4 Å². The number of hydrogen-bond acceptors (Lipinski definition) is 4. The Morgan fingerprint density at radius 2 is 1.40 bits per heavy atom. The van der Waals surface area contributed by atoms with Crippen LogP contribution in [0.1, 0.15) is 139 Å². The lowest BCUT2D eigenvalue weighted by molar-refractivity contribution is -0.704. The molecule has 0 N–H and O–H groups in total. The van der Waals surface area contributed by atoms with Crippen molar-refractivity contribution in [3.63, 3.8) is 0 Å². The molecule has 0 bridgehead atoms. The third-order valence-corrected chi connectivity index (χ3v) is 7.73. The standard InChI is InChI=1S/C34H54N2O4/c1-2-3-4-5-6-7-10-13-16-19-33-35(27-28-36(33)26-24-34(38)39)25-17-14-11-8-9-12-15-18-29-40-32-22-20-31(30-37)21-23-32/h20-23,27-28,30H,2-19,24-26,29H2,1H3. The molecule has 0 radical (unpaired) electrons. The summed E-state index contributed by atoms with van der Waals surface area (Å²) in [4.78, 5) is 21.7. The van der Waals surface area contributed by atoms with Crippen molar-refractivity contribution in [3.05, 3.63) is 48.0 Å². The highest BCUT2D eigenvalue weighted by molar-refractivity contribution is 5.74. The minimum atomic E-state index is -0.979. The first-order chi connectivity index (χ1) is 19.6. The highest BCUT2D eigenvalue weighted by atomic mass is 16.5. The molecule has 2 rings (SSSR count). The number of aryl methyl sites for hydroxylation is 2. The number of carboxylic acid groups (broad SMARTS) is 1. The summed E-state index contributed by atoms with van der Waals surface area (Å²) in [5.41, 5.74) is 0.674. The maximum atomic E-state index is 11.0. The summed E-state index contributed by atoms with van der Waals surface area (Å²) >= 11 is 0. The summed E-state index contributed by atoms with van der Waals surface area (Å²) in [6.07, 6.45) is 27.6. The van der Waals surface area contributed by atoms with E-state index in [9.17, 15) is 14.7 Å². The molecular formula is C34H54N2O4. The van der Waals surface area contributed by atoms with Crippen LogP contribution >= 0.6 is 0 Å². The topological polar surface area (TPSA) is 75.2 Å². The van der Waals surface area contributed by atoms with Gasteiger partial charge in [0.1, 0.15) is 24.4 Å². The van der Waals surface area contributed by atoms with E-state index in [2.05, 4.69) is 28.5 Å². The molecule has 2 aromatic rings. The molecule has 6 heteroatoms. The van der Waals surface area contributed by atoms with Crippen molar-refractivity contribution in [2.24, 2.45) is 0 Å². The number of carboxylic acids is 1. The summed E-state index contributed by atoms with van der Waals surface area (Å²) in [5.74, 6) is 1.12. The van der Waals surface area contributed by atoms with Crippen LogP contribution in [0.5, 0.6) is 5.75 Å². The summed E-state index contributed by atoms with van der Waals surface area (Å²) in [6.45, 7) is 4.49. The minimum Gasteiger partial charge on any atom is -0.550 e. The van der Waals surface area contributed by atoms with Gasteiger partial charge in [0.05, 0.1) is 19.7 Å². The Bertz CT molecular complexity index is 923. The van der Waals surface area contributed by atoms with Crippen molar-refractivity contribution in [1.82, 2.24) is 4.57 Å². The monoisotopic (exact) mass is 554 g/mol. The van der Waals surface area contributed by atoms with Crippen LogP contribution in [-0.4, -0.2) is 23.4 Å². The van der Waals surface area contributed by atoms with Gasteiger partial charge < -0.3 is 14.6 Å². The van der Waals surface area contributed by atoms with E-state index in [1.807, 2.05) is 12.1 Å². The summed E-state index contributed by atoms with van der Waals surface area (Å²) < 4.78 is 10.2. The second-order valence-electron chi connectivity index (χ2n) is 11.2. The highest BCUT2D eigenvalue weighted by Gasteiger charge is 2.16. The quantitative estimate of drug-likeness (QED) is 0.0713. The third kappa shape index (κ3) is 15.2. The van der Waals surface area contributed by atoms with Crippen LogP contribution in [0, 0.1) is 0 Å². The average molecular weight is 555 g/mol. The Balaban J connectivity index is 1.56. The Morgan fingerprint density at radius 1 is 0.825 bits per heavy atom. The molecule has 0 unspecified atom stereocenters. The maximum absolute atomic E-state index is 11.0. The number of aromatic nitrogens is 2. The molecule has 0 amide bonds. The fraction of sp³-hybridized carbons (Fsp3) is 0.676. The fourth-order valence-corrected chi connectivity index (χ4v) is 5.28. The molecule has 0 atom stereocenters. The lowest BCUT2D eigenvalue weighted by atomic mass is 10.1. The third-order valence-electron chi connectivity index (χ3n) is 7.73. The number of nitrogens with zero attached hydrogens (tertiary/aromatic N) is 2. The van der Waals surface area contributed by atoms with Crippen molar-refractivity contribution in [3.8, 4) is 5.75 Å². The van der Waals surface area contributed by atoms with Gasteiger partial charge in [0.2, 0.25) is 0 Å². The molecule has 0 saturated carbocycles. The van der Waals surface area contributed by atoms with Crippen molar-refractivity contribution in [1.29, 1.82) is 0 Å². The van der Waals surface area contributed by atoms with E-state index >= 15 is 0 Å². The van der Waals surface area contributed by atoms with Gasteiger partial charge in [0.25, 0.3) is 5.82 Å². The average Bonchev–Trinajstić information content (AvgIpc) is 3.35. The fourth-order valence-electron chi connectivity index (χ4n) is 5.28. The molecule has 1 aromatic heterocycles. The van der Waals surface area contributed by atoms with Crippen LogP contribution in [0.15, 0.2) is 36.7 Å². The Labute approximate surface area is 243 Å². The van der Waals surface area contributed by atoms with Crippen molar-refractivity contribution >= 4 is 12.3 Å². The van der Waals surface area contributed by atoms with Crippen LogP contribution in [0.2, 0.25) is 0 Å². The smallest absolute Gasteiger partial charge is 0.256 e. The first-order valence-electron chi connectivity index (χ1n) is 16.1. The van der Waals surface area contributed by atoms with Crippen molar-refractivity contribution in [2.45, 2.75) is 142 Å². The van der Waals surface area contributed by atoms with Crippen LogP contribution in [-0.2, 0) is 24.3 Å². The van der Waals surface area contributed by atoms with Gasteiger partial charge in [0.15, 0.2) is 0 Å². The molecular weight excluding hydrogens is 500 g/mol. The molecule has 1 aromatic carbocycles. The zero-order valence-electron chi connectivity index (χ0n) is 25.1. The van der Waals surface area contributed by atoms with Crippen molar-refractivity contribution < 1.29 is 24.0 Å². The Kier molecular flexibility index (Phi) is 18.6.